The predicted molar refractivity (Wildman–Crippen MR) is 92.8 cm³/mol. The summed E-state index contributed by atoms with van der Waals surface area (Å²) in [5.41, 5.74) is 2.77. The first-order chi connectivity index (χ1) is 11.2. The smallest absolute Gasteiger partial charge is 0.319 e. The van der Waals surface area contributed by atoms with Crippen molar-refractivity contribution < 1.29 is 4.79 Å². The van der Waals surface area contributed by atoms with Gasteiger partial charge in [0.25, 0.3) is 0 Å². The second-order valence-corrected chi connectivity index (χ2v) is 5.61. The highest BCUT2D eigenvalue weighted by atomic mass is 35.5. The molecule has 23 heavy (non-hydrogen) atoms. The van der Waals surface area contributed by atoms with Gasteiger partial charge >= 0.3 is 6.03 Å². The Balaban J connectivity index is 1.45. The van der Waals surface area contributed by atoms with E-state index in [4.69, 9.17) is 11.6 Å². The molecule has 1 heterocycles. The molecular weight excluding hydrogens is 312 g/mol. The van der Waals surface area contributed by atoms with Crippen LogP contribution in [0.3, 0.4) is 0 Å². The first kappa shape index (κ1) is 15.4. The first-order valence-electron chi connectivity index (χ1n) is 7.43. The van der Waals surface area contributed by atoms with Gasteiger partial charge in [0, 0.05) is 23.8 Å². The molecule has 2 N–H and O–H groups in total. The Morgan fingerprint density at radius 2 is 2.04 bits per heavy atom. The Morgan fingerprint density at radius 1 is 1.17 bits per heavy atom. The van der Waals surface area contributed by atoms with Gasteiger partial charge in [-0.05, 0) is 36.8 Å². The monoisotopic (exact) mass is 328 g/mol. The zero-order valence-electron chi connectivity index (χ0n) is 12.5. The molecule has 0 radical (unpaired) electrons. The highest BCUT2D eigenvalue weighted by Crippen LogP contribution is 2.14. The molecule has 0 aliphatic rings. The molecule has 0 saturated heterocycles. The van der Waals surface area contributed by atoms with Gasteiger partial charge in [0.1, 0.15) is 0 Å². The Kier molecular flexibility index (Phi) is 4.78. The third-order valence-corrected chi connectivity index (χ3v) is 3.71. The van der Waals surface area contributed by atoms with Gasteiger partial charge in [-0.15, -0.1) is 0 Å². The molecule has 3 rings (SSSR count). The minimum atomic E-state index is -0.234. The third kappa shape index (κ3) is 4.02. The molecule has 2 aromatic carbocycles. The summed E-state index contributed by atoms with van der Waals surface area (Å²) >= 11 is 5.88. The molecular formula is C17H17ClN4O. The number of fused-ring (bicyclic) bond motifs is 1. The highest BCUT2D eigenvalue weighted by Gasteiger charge is 2.03. The number of imidazole rings is 1. The van der Waals surface area contributed by atoms with Crippen molar-refractivity contribution in [1.29, 1.82) is 0 Å². The number of aromatic nitrogens is 2. The second-order valence-electron chi connectivity index (χ2n) is 5.17. The summed E-state index contributed by atoms with van der Waals surface area (Å²) in [4.78, 5) is 16.2. The SMILES string of the molecule is O=C(NCCCn1cnc2ccccc21)Nc1cccc(Cl)c1. The van der Waals surface area contributed by atoms with Crippen molar-refractivity contribution in [3.63, 3.8) is 0 Å². The van der Waals surface area contributed by atoms with Gasteiger partial charge in [0.15, 0.2) is 0 Å². The first-order valence-corrected chi connectivity index (χ1v) is 7.80. The van der Waals surface area contributed by atoms with Crippen LogP contribution in [0.25, 0.3) is 11.0 Å². The minimum Gasteiger partial charge on any atom is -0.338 e. The van der Waals surface area contributed by atoms with Gasteiger partial charge in [0.2, 0.25) is 0 Å². The van der Waals surface area contributed by atoms with Crippen LogP contribution in [0.15, 0.2) is 54.9 Å². The van der Waals surface area contributed by atoms with Crippen LogP contribution in [0.4, 0.5) is 10.5 Å². The van der Waals surface area contributed by atoms with E-state index in [2.05, 4.69) is 20.2 Å². The molecule has 0 saturated carbocycles. The maximum absolute atomic E-state index is 11.8. The Morgan fingerprint density at radius 3 is 2.91 bits per heavy atom. The molecule has 118 valence electrons. The van der Waals surface area contributed by atoms with Gasteiger partial charge in [0.05, 0.1) is 17.4 Å². The van der Waals surface area contributed by atoms with E-state index in [1.807, 2.05) is 30.6 Å². The summed E-state index contributed by atoms with van der Waals surface area (Å²) in [7, 11) is 0. The number of nitrogens with zero attached hydrogens (tertiary/aromatic N) is 2. The van der Waals surface area contributed by atoms with Crippen molar-refractivity contribution in [2.75, 3.05) is 11.9 Å². The van der Waals surface area contributed by atoms with Crippen LogP contribution in [0.5, 0.6) is 0 Å². The summed E-state index contributed by atoms with van der Waals surface area (Å²) < 4.78 is 2.09. The fourth-order valence-electron chi connectivity index (χ4n) is 2.38. The lowest BCUT2D eigenvalue weighted by molar-refractivity contribution is 0.252. The van der Waals surface area contributed by atoms with Crippen LogP contribution in [-0.2, 0) is 6.54 Å². The maximum atomic E-state index is 11.8. The molecule has 2 amide bonds. The number of rotatable bonds is 5. The lowest BCUT2D eigenvalue weighted by Crippen LogP contribution is -2.30. The fraction of sp³-hybridized carbons (Fsp3) is 0.176. The summed E-state index contributed by atoms with van der Waals surface area (Å²) in [6.45, 7) is 1.39. The lowest BCUT2D eigenvalue weighted by Gasteiger charge is -2.08. The standard InChI is InChI=1S/C17H17ClN4O/c18-13-5-3-6-14(11-13)21-17(23)19-9-4-10-22-12-20-15-7-1-2-8-16(15)22/h1-3,5-8,11-12H,4,9-10H2,(H2,19,21,23). The van der Waals surface area contributed by atoms with Crippen LogP contribution in [0, 0.1) is 0 Å². The molecule has 6 heteroatoms. The number of amides is 2. The maximum Gasteiger partial charge on any atom is 0.319 e. The molecule has 5 nitrogen and oxygen atoms in total. The van der Waals surface area contributed by atoms with Crippen molar-refractivity contribution >= 4 is 34.4 Å². The van der Waals surface area contributed by atoms with E-state index in [-0.39, 0.29) is 6.03 Å². The van der Waals surface area contributed by atoms with Gasteiger partial charge < -0.3 is 15.2 Å². The molecule has 0 unspecified atom stereocenters. The molecule has 0 atom stereocenters. The number of carbonyl (C=O) groups is 1. The van der Waals surface area contributed by atoms with Crippen LogP contribution in [0.1, 0.15) is 6.42 Å². The quantitative estimate of drug-likeness (QED) is 0.698. The van der Waals surface area contributed by atoms with E-state index in [0.29, 0.717) is 17.3 Å². The normalized spacial score (nSPS) is 10.7. The molecule has 0 aliphatic heterocycles. The third-order valence-electron chi connectivity index (χ3n) is 3.47. The molecule has 0 spiro atoms. The van der Waals surface area contributed by atoms with Crippen molar-refractivity contribution in [3.05, 3.63) is 59.9 Å². The van der Waals surface area contributed by atoms with Gasteiger partial charge in [-0.1, -0.05) is 29.8 Å². The van der Waals surface area contributed by atoms with Gasteiger partial charge in [-0.3, -0.25) is 0 Å². The van der Waals surface area contributed by atoms with Crippen molar-refractivity contribution in [1.82, 2.24) is 14.9 Å². The predicted octanol–water partition coefficient (Wildman–Crippen LogP) is 3.90. The Bertz CT molecular complexity index is 815. The van der Waals surface area contributed by atoms with E-state index >= 15 is 0 Å². The van der Waals surface area contributed by atoms with Crippen LogP contribution >= 0.6 is 11.6 Å². The summed E-state index contributed by atoms with van der Waals surface area (Å²) in [5, 5.41) is 6.18. The largest absolute Gasteiger partial charge is 0.338 e. The molecule has 3 aromatic rings. The van der Waals surface area contributed by atoms with E-state index in [1.165, 1.54) is 0 Å². The Hall–Kier alpha value is -2.53. The topological polar surface area (TPSA) is 59.0 Å². The number of para-hydroxylation sites is 2. The molecule has 1 aromatic heterocycles. The number of carbonyl (C=O) groups excluding carboxylic acids is 1. The number of halogens is 1. The van der Waals surface area contributed by atoms with Crippen LogP contribution < -0.4 is 10.6 Å². The number of aryl methyl sites for hydroxylation is 1. The number of urea groups is 1. The number of benzene rings is 2. The van der Waals surface area contributed by atoms with Gasteiger partial charge in [-0.2, -0.15) is 0 Å². The number of hydrogen-bond donors (Lipinski definition) is 2. The summed E-state index contributed by atoms with van der Waals surface area (Å²) in [6, 6.07) is 14.8. The Labute approximate surface area is 139 Å². The zero-order valence-corrected chi connectivity index (χ0v) is 13.3. The lowest BCUT2D eigenvalue weighted by atomic mass is 10.3. The number of anilines is 1. The highest BCUT2D eigenvalue weighted by molar-refractivity contribution is 6.30. The summed E-state index contributed by atoms with van der Waals surface area (Å²) in [6.07, 6.45) is 2.65. The van der Waals surface area contributed by atoms with Crippen molar-refractivity contribution in [2.45, 2.75) is 13.0 Å². The van der Waals surface area contributed by atoms with Crippen molar-refractivity contribution in [2.24, 2.45) is 0 Å². The van der Waals surface area contributed by atoms with E-state index < -0.39 is 0 Å². The minimum absolute atomic E-state index is 0.234. The molecule has 0 fully saturated rings. The van der Waals surface area contributed by atoms with E-state index in [9.17, 15) is 4.79 Å². The second kappa shape index (κ2) is 7.15. The zero-order chi connectivity index (χ0) is 16.1. The average molecular weight is 329 g/mol. The van der Waals surface area contributed by atoms with E-state index in [1.54, 1.807) is 24.3 Å². The van der Waals surface area contributed by atoms with Crippen molar-refractivity contribution in [3.8, 4) is 0 Å². The average Bonchev–Trinajstić information content (AvgIpc) is 2.95. The van der Waals surface area contributed by atoms with Crippen LogP contribution in [-0.4, -0.2) is 22.1 Å². The fourth-order valence-corrected chi connectivity index (χ4v) is 2.57. The summed E-state index contributed by atoms with van der Waals surface area (Å²) in [5.74, 6) is 0. The van der Waals surface area contributed by atoms with Gasteiger partial charge in [-0.25, -0.2) is 9.78 Å². The molecule has 0 aliphatic carbocycles. The molecule has 0 bridgehead atoms. The van der Waals surface area contributed by atoms with Crippen LogP contribution in [0.2, 0.25) is 5.02 Å². The van der Waals surface area contributed by atoms with E-state index in [0.717, 1.165) is 24.0 Å². The number of nitrogens with one attached hydrogen (secondary N) is 2. The number of hydrogen-bond acceptors (Lipinski definition) is 2.